The number of halogens is 2. The van der Waals surface area contributed by atoms with E-state index >= 15 is 0 Å². The van der Waals surface area contributed by atoms with Crippen LogP contribution >= 0.6 is 0 Å². The standard InChI is InChI=1S/C22H22F2N4O5/c1-21(2,31)18-12-15(13-25-26-18)20(30)28-9-7-27(8-10-28)19(29)6-4-14-3-5-16-17(11-14)33-22(23,24)32-16/h3-6,11-13,31H,7-10H2,1-2H3. The monoisotopic (exact) mass is 460 g/mol. The Bertz CT molecular complexity index is 1110. The van der Waals surface area contributed by atoms with Crippen molar-refractivity contribution in [3.8, 4) is 11.5 Å². The molecule has 2 aromatic rings. The number of benzene rings is 1. The van der Waals surface area contributed by atoms with E-state index < -0.39 is 11.9 Å². The number of hydrogen-bond acceptors (Lipinski definition) is 7. The molecule has 2 amide bonds. The molecule has 0 unspecified atom stereocenters. The van der Waals surface area contributed by atoms with Gasteiger partial charge in [0.15, 0.2) is 11.5 Å². The summed E-state index contributed by atoms with van der Waals surface area (Å²) in [6.45, 7) is 4.44. The molecular formula is C22H22F2N4O5. The number of fused-ring (bicyclic) bond motifs is 1. The van der Waals surface area contributed by atoms with Crippen LogP contribution in [-0.2, 0) is 10.4 Å². The molecule has 0 bridgehead atoms. The second-order valence-corrected chi connectivity index (χ2v) is 8.21. The van der Waals surface area contributed by atoms with E-state index in [0.717, 1.165) is 0 Å². The molecule has 0 radical (unpaired) electrons. The number of carbonyl (C=O) groups is 2. The number of amides is 2. The fourth-order valence-electron chi connectivity index (χ4n) is 3.44. The van der Waals surface area contributed by atoms with Crippen LogP contribution in [-0.4, -0.2) is 69.4 Å². The summed E-state index contributed by atoms with van der Waals surface area (Å²) < 4.78 is 35.0. The Balaban J connectivity index is 1.34. The molecule has 174 valence electrons. The Kier molecular flexibility index (Phi) is 5.75. The molecule has 0 spiro atoms. The lowest BCUT2D eigenvalue weighted by molar-refractivity contribution is -0.286. The summed E-state index contributed by atoms with van der Waals surface area (Å²) in [5, 5.41) is 17.7. The summed E-state index contributed by atoms with van der Waals surface area (Å²) >= 11 is 0. The highest BCUT2D eigenvalue weighted by atomic mass is 19.3. The first-order valence-electron chi connectivity index (χ1n) is 10.2. The molecule has 11 heteroatoms. The molecule has 1 fully saturated rings. The average Bonchev–Trinajstić information content (AvgIpc) is 3.09. The van der Waals surface area contributed by atoms with Gasteiger partial charge in [-0.3, -0.25) is 9.59 Å². The Morgan fingerprint density at radius 3 is 2.45 bits per heavy atom. The number of nitrogens with zero attached hydrogens (tertiary/aromatic N) is 4. The number of hydrogen-bond donors (Lipinski definition) is 1. The van der Waals surface area contributed by atoms with Gasteiger partial charge in [0, 0.05) is 32.3 Å². The third-order valence-corrected chi connectivity index (χ3v) is 5.25. The number of piperazine rings is 1. The molecule has 0 aliphatic carbocycles. The summed E-state index contributed by atoms with van der Waals surface area (Å²) in [7, 11) is 0. The Morgan fingerprint density at radius 1 is 1.09 bits per heavy atom. The van der Waals surface area contributed by atoms with E-state index in [1.165, 1.54) is 42.6 Å². The number of aliphatic hydroxyl groups is 1. The highest BCUT2D eigenvalue weighted by molar-refractivity contribution is 5.95. The van der Waals surface area contributed by atoms with Gasteiger partial charge in [-0.2, -0.15) is 10.2 Å². The van der Waals surface area contributed by atoms with Crippen LogP contribution in [0.15, 0.2) is 36.5 Å². The van der Waals surface area contributed by atoms with Crippen molar-refractivity contribution < 1.29 is 33.0 Å². The molecule has 1 aromatic heterocycles. The van der Waals surface area contributed by atoms with Gasteiger partial charge < -0.3 is 24.4 Å². The Hall–Kier alpha value is -3.60. The van der Waals surface area contributed by atoms with Gasteiger partial charge in [-0.25, -0.2) is 0 Å². The van der Waals surface area contributed by atoms with Crippen LogP contribution in [0.4, 0.5) is 8.78 Å². The lowest BCUT2D eigenvalue weighted by Crippen LogP contribution is -2.50. The zero-order chi connectivity index (χ0) is 23.8. The highest BCUT2D eigenvalue weighted by Gasteiger charge is 2.43. The van der Waals surface area contributed by atoms with Gasteiger partial charge in [-0.1, -0.05) is 6.07 Å². The maximum Gasteiger partial charge on any atom is 0.586 e. The quantitative estimate of drug-likeness (QED) is 0.696. The van der Waals surface area contributed by atoms with Crippen LogP contribution < -0.4 is 9.47 Å². The van der Waals surface area contributed by atoms with Gasteiger partial charge >= 0.3 is 6.29 Å². The van der Waals surface area contributed by atoms with Crippen LogP contribution in [0.1, 0.15) is 35.5 Å². The lowest BCUT2D eigenvalue weighted by atomic mass is 10.0. The molecule has 3 heterocycles. The minimum atomic E-state index is -3.69. The van der Waals surface area contributed by atoms with E-state index in [1.807, 2.05) is 0 Å². The van der Waals surface area contributed by atoms with E-state index in [0.29, 0.717) is 43.0 Å². The number of carbonyl (C=O) groups excluding carboxylic acids is 2. The molecule has 4 rings (SSSR count). The van der Waals surface area contributed by atoms with Gasteiger partial charge in [0.1, 0.15) is 5.60 Å². The predicted molar refractivity (Wildman–Crippen MR) is 111 cm³/mol. The molecule has 33 heavy (non-hydrogen) atoms. The van der Waals surface area contributed by atoms with Gasteiger partial charge in [-0.15, -0.1) is 8.78 Å². The normalized spacial score (nSPS) is 17.5. The van der Waals surface area contributed by atoms with E-state index in [1.54, 1.807) is 23.6 Å². The van der Waals surface area contributed by atoms with Crippen molar-refractivity contribution in [1.29, 1.82) is 0 Å². The van der Waals surface area contributed by atoms with Gasteiger partial charge in [0.25, 0.3) is 5.91 Å². The Labute approximate surface area is 188 Å². The minimum absolute atomic E-state index is 0.0664. The average molecular weight is 460 g/mol. The summed E-state index contributed by atoms with van der Waals surface area (Å²) in [6.07, 6.45) is 0.495. The fraction of sp³-hybridized carbons (Fsp3) is 0.364. The zero-order valence-corrected chi connectivity index (χ0v) is 18.0. The van der Waals surface area contributed by atoms with Crippen LogP contribution in [0.25, 0.3) is 6.08 Å². The summed E-state index contributed by atoms with van der Waals surface area (Å²) in [4.78, 5) is 28.5. The van der Waals surface area contributed by atoms with E-state index in [-0.39, 0.29) is 23.3 Å². The van der Waals surface area contributed by atoms with Crippen LogP contribution in [0, 0.1) is 0 Å². The van der Waals surface area contributed by atoms with E-state index in [4.69, 9.17) is 0 Å². The van der Waals surface area contributed by atoms with Crippen molar-refractivity contribution in [2.24, 2.45) is 0 Å². The predicted octanol–water partition coefficient (Wildman–Crippen LogP) is 2.02. The molecular weight excluding hydrogens is 438 g/mol. The van der Waals surface area contributed by atoms with Crippen molar-refractivity contribution in [2.75, 3.05) is 26.2 Å². The van der Waals surface area contributed by atoms with E-state index in [2.05, 4.69) is 19.7 Å². The number of alkyl halides is 2. The van der Waals surface area contributed by atoms with Crippen molar-refractivity contribution >= 4 is 17.9 Å². The van der Waals surface area contributed by atoms with E-state index in [9.17, 15) is 23.5 Å². The number of ether oxygens (including phenoxy) is 2. The van der Waals surface area contributed by atoms with Crippen LogP contribution in [0.3, 0.4) is 0 Å². The number of rotatable bonds is 4. The fourth-order valence-corrected chi connectivity index (χ4v) is 3.44. The first-order chi connectivity index (χ1) is 15.5. The third kappa shape index (κ3) is 5.08. The molecule has 9 nitrogen and oxygen atoms in total. The summed E-state index contributed by atoms with van der Waals surface area (Å²) in [5.41, 5.74) is -0.112. The lowest BCUT2D eigenvalue weighted by Gasteiger charge is -2.34. The molecule has 0 atom stereocenters. The topological polar surface area (TPSA) is 105 Å². The molecule has 1 saturated heterocycles. The first kappa shape index (κ1) is 22.6. The van der Waals surface area contributed by atoms with Crippen molar-refractivity contribution in [3.63, 3.8) is 0 Å². The molecule has 1 N–H and O–H groups in total. The van der Waals surface area contributed by atoms with Gasteiger partial charge in [0.05, 0.1) is 17.5 Å². The Morgan fingerprint density at radius 2 is 1.76 bits per heavy atom. The maximum atomic E-state index is 13.1. The SMILES string of the molecule is CC(C)(O)c1cc(C(=O)N2CCN(C(=O)C=Cc3ccc4c(c3)OC(F)(F)O4)CC2)cnn1. The molecule has 1 aromatic carbocycles. The first-order valence-corrected chi connectivity index (χ1v) is 10.2. The molecule has 2 aliphatic heterocycles. The highest BCUT2D eigenvalue weighted by Crippen LogP contribution is 2.41. The second-order valence-electron chi connectivity index (χ2n) is 8.21. The van der Waals surface area contributed by atoms with Crippen molar-refractivity contribution in [2.45, 2.75) is 25.7 Å². The van der Waals surface area contributed by atoms with Crippen molar-refractivity contribution in [3.05, 3.63) is 53.4 Å². The zero-order valence-electron chi connectivity index (χ0n) is 18.0. The van der Waals surface area contributed by atoms with Crippen LogP contribution in [0.2, 0.25) is 0 Å². The second kappa shape index (κ2) is 8.39. The third-order valence-electron chi connectivity index (χ3n) is 5.25. The maximum absolute atomic E-state index is 13.1. The van der Waals surface area contributed by atoms with Crippen LogP contribution in [0.5, 0.6) is 11.5 Å². The van der Waals surface area contributed by atoms with Gasteiger partial charge in [0.2, 0.25) is 5.91 Å². The molecule has 0 saturated carbocycles. The smallest absolute Gasteiger partial charge is 0.395 e. The largest absolute Gasteiger partial charge is 0.586 e. The molecule has 2 aliphatic rings. The van der Waals surface area contributed by atoms with Crippen molar-refractivity contribution in [1.82, 2.24) is 20.0 Å². The number of aromatic nitrogens is 2. The summed E-state index contributed by atoms with van der Waals surface area (Å²) in [6, 6.07) is 5.76. The van der Waals surface area contributed by atoms with Gasteiger partial charge in [-0.05, 0) is 43.7 Å². The minimum Gasteiger partial charge on any atom is -0.395 e. The summed E-state index contributed by atoms with van der Waals surface area (Å²) in [5.74, 6) is -0.682.